The fraction of sp³-hybridized carbons (Fsp3) is 1.00. The molecule has 3 heteroatoms. The largest absolute Gasteiger partial charge is 0.396 e. The molecule has 108 valence electrons. The van der Waals surface area contributed by atoms with Gasteiger partial charge in [0.15, 0.2) is 0 Å². The van der Waals surface area contributed by atoms with Crippen molar-refractivity contribution in [3.05, 3.63) is 0 Å². The molecule has 1 rings (SSSR count). The third-order valence-electron chi connectivity index (χ3n) is 4.72. The fourth-order valence-corrected chi connectivity index (χ4v) is 3.27. The summed E-state index contributed by atoms with van der Waals surface area (Å²) in [5.41, 5.74) is 6.37. The quantitative estimate of drug-likeness (QED) is 0.656. The summed E-state index contributed by atoms with van der Waals surface area (Å²) in [5, 5.41) is 8.83. The third kappa shape index (κ3) is 4.22. The Labute approximate surface area is 113 Å². The molecule has 1 saturated carbocycles. The maximum Gasteiger partial charge on any atom is 0.0431 e. The summed E-state index contributed by atoms with van der Waals surface area (Å²) < 4.78 is 0. The van der Waals surface area contributed by atoms with Gasteiger partial charge in [0.2, 0.25) is 0 Å². The van der Waals surface area contributed by atoms with Crippen LogP contribution >= 0.6 is 0 Å². The molecule has 0 spiro atoms. The summed E-state index contributed by atoms with van der Waals surface area (Å²) in [6.07, 6.45) is 8.42. The number of nitrogens with zero attached hydrogens (tertiary/aromatic N) is 1. The van der Waals surface area contributed by atoms with Gasteiger partial charge in [0, 0.05) is 18.7 Å². The Balaban J connectivity index is 2.48. The summed E-state index contributed by atoms with van der Waals surface area (Å²) in [6.45, 7) is 7.98. The standard InChI is InChI=1S/C15H32N2O/c1-3-17(11-5-4-6-12-18)15(13-16)9-7-14(2)8-10-15/h14,18H,3-13,16H2,1-2H3. The molecule has 1 aliphatic carbocycles. The molecule has 0 aromatic carbocycles. The first-order valence-electron chi connectivity index (χ1n) is 7.74. The molecular formula is C15H32N2O. The SMILES string of the molecule is CCN(CCCCCO)C1(CN)CCC(C)CC1. The van der Waals surface area contributed by atoms with Crippen molar-refractivity contribution in [3.8, 4) is 0 Å². The predicted molar refractivity (Wildman–Crippen MR) is 77.6 cm³/mol. The molecule has 3 N–H and O–H groups in total. The summed E-state index contributed by atoms with van der Waals surface area (Å²) in [6, 6.07) is 0. The molecule has 18 heavy (non-hydrogen) atoms. The molecule has 3 nitrogen and oxygen atoms in total. The lowest BCUT2D eigenvalue weighted by Gasteiger charge is -2.47. The average Bonchev–Trinajstić information content (AvgIpc) is 2.41. The molecule has 0 aromatic heterocycles. The van der Waals surface area contributed by atoms with Crippen molar-refractivity contribution in [1.29, 1.82) is 0 Å². The van der Waals surface area contributed by atoms with Crippen LogP contribution < -0.4 is 5.73 Å². The zero-order valence-electron chi connectivity index (χ0n) is 12.3. The predicted octanol–water partition coefficient (Wildman–Crippen LogP) is 2.38. The first-order chi connectivity index (χ1) is 8.68. The Morgan fingerprint density at radius 1 is 1.22 bits per heavy atom. The van der Waals surface area contributed by atoms with E-state index in [1.807, 2.05) is 0 Å². The van der Waals surface area contributed by atoms with E-state index in [0.29, 0.717) is 6.61 Å². The van der Waals surface area contributed by atoms with Crippen LogP contribution in [-0.4, -0.2) is 41.8 Å². The lowest BCUT2D eigenvalue weighted by Crippen LogP contribution is -2.55. The van der Waals surface area contributed by atoms with Crippen molar-refractivity contribution < 1.29 is 5.11 Å². The van der Waals surface area contributed by atoms with Crippen molar-refractivity contribution in [2.24, 2.45) is 11.7 Å². The van der Waals surface area contributed by atoms with Crippen molar-refractivity contribution >= 4 is 0 Å². The Hall–Kier alpha value is -0.120. The minimum Gasteiger partial charge on any atom is -0.396 e. The Bertz CT molecular complexity index is 213. The smallest absolute Gasteiger partial charge is 0.0431 e. The maximum absolute atomic E-state index is 8.83. The first-order valence-corrected chi connectivity index (χ1v) is 7.74. The third-order valence-corrected chi connectivity index (χ3v) is 4.72. The molecular weight excluding hydrogens is 224 g/mol. The number of rotatable bonds is 8. The molecule has 0 unspecified atom stereocenters. The highest BCUT2D eigenvalue weighted by Gasteiger charge is 2.37. The van der Waals surface area contributed by atoms with E-state index in [9.17, 15) is 0 Å². The normalized spacial score (nSPS) is 28.8. The molecule has 1 fully saturated rings. The number of aliphatic hydroxyl groups is 1. The van der Waals surface area contributed by atoms with Crippen LogP contribution in [0.1, 0.15) is 58.8 Å². The van der Waals surface area contributed by atoms with Gasteiger partial charge in [-0.1, -0.05) is 13.8 Å². The number of hydrogen-bond acceptors (Lipinski definition) is 3. The van der Waals surface area contributed by atoms with Crippen LogP contribution in [0.4, 0.5) is 0 Å². The summed E-state index contributed by atoms with van der Waals surface area (Å²) in [5.74, 6) is 0.873. The van der Waals surface area contributed by atoms with Crippen LogP contribution in [0.2, 0.25) is 0 Å². The van der Waals surface area contributed by atoms with E-state index in [-0.39, 0.29) is 5.54 Å². The van der Waals surface area contributed by atoms with Crippen LogP contribution in [0.5, 0.6) is 0 Å². The Morgan fingerprint density at radius 3 is 2.39 bits per heavy atom. The van der Waals surface area contributed by atoms with Gasteiger partial charge in [0.1, 0.15) is 0 Å². The molecule has 0 radical (unpaired) electrons. The zero-order valence-corrected chi connectivity index (χ0v) is 12.3. The van der Waals surface area contributed by atoms with Crippen LogP contribution in [0.25, 0.3) is 0 Å². The second-order valence-corrected chi connectivity index (χ2v) is 5.97. The summed E-state index contributed by atoms with van der Waals surface area (Å²) in [7, 11) is 0. The molecule has 0 heterocycles. The number of nitrogens with two attached hydrogens (primary N) is 1. The van der Waals surface area contributed by atoms with Crippen LogP contribution in [0, 0.1) is 5.92 Å². The van der Waals surface area contributed by atoms with Gasteiger partial charge in [-0.25, -0.2) is 0 Å². The number of unbranched alkanes of at least 4 members (excludes halogenated alkanes) is 2. The highest BCUT2D eigenvalue weighted by atomic mass is 16.2. The molecule has 0 aromatic rings. The second-order valence-electron chi connectivity index (χ2n) is 5.97. The average molecular weight is 256 g/mol. The van der Waals surface area contributed by atoms with Crippen LogP contribution in [0.15, 0.2) is 0 Å². The van der Waals surface area contributed by atoms with Gasteiger partial charge in [-0.15, -0.1) is 0 Å². The second kappa shape index (κ2) is 8.13. The minimum absolute atomic E-state index is 0.264. The fourth-order valence-electron chi connectivity index (χ4n) is 3.27. The molecule has 1 aliphatic rings. The van der Waals surface area contributed by atoms with Gasteiger partial charge < -0.3 is 10.8 Å². The van der Waals surface area contributed by atoms with Crippen molar-refractivity contribution in [2.75, 3.05) is 26.2 Å². The zero-order chi connectivity index (χ0) is 13.4. The van der Waals surface area contributed by atoms with E-state index in [0.717, 1.165) is 38.4 Å². The molecule has 0 saturated heterocycles. The Morgan fingerprint density at radius 2 is 1.89 bits per heavy atom. The van der Waals surface area contributed by atoms with E-state index in [1.165, 1.54) is 32.1 Å². The topological polar surface area (TPSA) is 49.5 Å². The Kier molecular flexibility index (Phi) is 7.20. The summed E-state index contributed by atoms with van der Waals surface area (Å²) in [4.78, 5) is 2.61. The molecule has 0 amide bonds. The molecule has 0 bridgehead atoms. The van der Waals surface area contributed by atoms with Crippen molar-refractivity contribution in [3.63, 3.8) is 0 Å². The highest BCUT2D eigenvalue weighted by molar-refractivity contribution is 4.95. The van der Waals surface area contributed by atoms with E-state index in [1.54, 1.807) is 0 Å². The number of likely N-dealkylation sites (N-methyl/N-ethyl adjacent to an activating group) is 1. The van der Waals surface area contributed by atoms with Crippen molar-refractivity contribution in [1.82, 2.24) is 4.90 Å². The minimum atomic E-state index is 0.264. The van der Waals surface area contributed by atoms with Crippen LogP contribution in [0.3, 0.4) is 0 Å². The maximum atomic E-state index is 8.83. The first kappa shape index (κ1) is 15.9. The van der Waals surface area contributed by atoms with E-state index in [2.05, 4.69) is 18.7 Å². The molecule has 0 aliphatic heterocycles. The summed E-state index contributed by atoms with van der Waals surface area (Å²) >= 11 is 0. The lowest BCUT2D eigenvalue weighted by molar-refractivity contribution is 0.0473. The molecule has 0 atom stereocenters. The lowest BCUT2D eigenvalue weighted by atomic mass is 9.76. The van der Waals surface area contributed by atoms with Crippen molar-refractivity contribution in [2.45, 2.75) is 64.3 Å². The van der Waals surface area contributed by atoms with E-state index < -0.39 is 0 Å². The van der Waals surface area contributed by atoms with E-state index in [4.69, 9.17) is 10.8 Å². The number of aliphatic hydroxyl groups excluding tert-OH is 1. The number of hydrogen-bond donors (Lipinski definition) is 2. The van der Waals surface area contributed by atoms with E-state index >= 15 is 0 Å². The van der Waals surface area contributed by atoms with Gasteiger partial charge in [-0.2, -0.15) is 0 Å². The van der Waals surface area contributed by atoms with Gasteiger partial charge in [0.25, 0.3) is 0 Å². The highest BCUT2D eigenvalue weighted by Crippen LogP contribution is 2.35. The van der Waals surface area contributed by atoms with Gasteiger partial charge >= 0.3 is 0 Å². The van der Waals surface area contributed by atoms with Gasteiger partial charge in [-0.05, 0) is 64.0 Å². The van der Waals surface area contributed by atoms with Crippen LogP contribution in [-0.2, 0) is 0 Å². The van der Waals surface area contributed by atoms with Gasteiger partial charge in [-0.3, -0.25) is 4.90 Å². The van der Waals surface area contributed by atoms with Gasteiger partial charge in [0.05, 0.1) is 0 Å². The monoisotopic (exact) mass is 256 g/mol.